The number of aromatic nitrogens is 7. The van der Waals surface area contributed by atoms with Crippen LogP contribution in [-0.4, -0.2) is 48.8 Å². The van der Waals surface area contributed by atoms with Crippen LogP contribution in [0.4, 0.5) is 11.9 Å². The Kier molecular flexibility index (Phi) is 5.81. The monoisotopic (exact) mass is 433 g/mol. The summed E-state index contributed by atoms with van der Waals surface area (Å²) in [7, 11) is 3.73. The molecule has 0 saturated carbocycles. The first-order valence-electron chi connectivity index (χ1n) is 9.71. The van der Waals surface area contributed by atoms with Crippen LogP contribution in [-0.2, 0) is 0 Å². The summed E-state index contributed by atoms with van der Waals surface area (Å²) in [5.74, 6) is 2.02. The molecule has 0 unspecified atom stereocenters. The first-order chi connectivity index (χ1) is 14.9. The van der Waals surface area contributed by atoms with Crippen molar-refractivity contribution in [3.63, 3.8) is 0 Å². The minimum atomic E-state index is -0.127. The van der Waals surface area contributed by atoms with Gasteiger partial charge >= 0.3 is 0 Å². The fourth-order valence-corrected chi connectivity index (χ4v) is 3.95. The molecule has 3 aromatic heterocycles. The van der Waals surface area contributed by atoms with Crippen molar-refractivity contribution in [3.8, 4) is 17.1 Å². The second-order valence-corrected chi connectivity index (χ2v) is 8.48. The van der Waals surface area contributed by atoms with Gasteiger partial charge in [0.15, 0.2) is 11.0 Å². The van der Waals surface area contributed by atoms with Crippen molar-refractivity contribution >= 4 is 23.7 Å². The molecule has 0 aliphatic rings. The quantitative estimate of drug-likeness (QED) is 0.458. The van der Waals surface area contributed by atoms with Gasteiger partial charge in [-0.1, -0.05) is 30.0 Å². The van der Waals surface area contributed by atoms with Gasteiger partial charge in [0.1, 0.15) is 5.82 Å². The number of pyridine rings is 1. The second kappa shape index (κ2) is 8.68. The van der Waals surface area contributed by atoms with Crippen molar-refractivity contribution in [2.24, 2.45) is 0 Å². The molecule has 2 N–H and O–H groups in total. The molecule has 9 nitrogen and oxygen atoms in total. The van der Waals surface area contributed by atoms with Gasteiger partial charge < -0.3 is 10.6 Å². The molecule has 0 spiro atoms. The number of aryl methyl sites for hydroxylation is 1. The Labute approximate surface area is 184 Å². The summed E-state index contributed by atoms with van der Waals surface area (Å²) in [6.07, 6.45) is 3.52. The first-order valence-corrected chi connectivity index (χ1v) is 10.6. The number of thioether (sulfide) groups is 1. The SMILES string of the molecule is Cc1ccccc1-n1c(S[C@H](C)c2nc(N)nc(N(C)C)n2)nnc1-c1cccnc1. The zero-order chi connectivity index (χ0) is 22.0. The lowest BCUT2D eigenvalue weighted by atomic mass is 10.2. The molecule has 0 aliphatic heterocycles. The number of anilines is 2. The Balaban J connectivity index is 1.77. The van der Waals surface area contributed by atoms with E-state index in [9.17, 15) is 0 Å². The number of benzene rings is 1. The van der Waals surface area contributed by atoms with E-state index < -0.39 is 0 Å². The molecular weight excluding hydrogens is 410 g/mol. The van der Waals surface area contributed by atoms with Crippen LogP contribution in [0.25, 0.3) is 17.1 Å². The fraction of sp³-hybridized carbons (Fsp3) is 0.238. The Morgan fingerprint density at radius 1 is 1.03 bits per heavy atom. The maximum absolute atomic E-state index is 5.91. The number of nitrogen functional groups attached to an aromatic ring is 1. The van der Waals surface area contributed by atoms with E-state index in [-0.39, 0.29) is 11.2 Å². The highest BCUT2D eigenvalue weighted by Gasteiger charge is 2.22. The normalized spacial score (nSPS) is 12.0. The van der Waals surface area contributed by atoms with Gasteiger partial charge in [-0.25, -0.2) is 0 Å². The van der Waals surface area contributed by atoms with E-state index in [0.29, 0.717) is 11.8 Å². The van der Waals surface area contributed by atoms with Crippen molar-refractivity contribution in [1.29, 1.82) is 0 Å². The molecular formula is C21H23N9S. The van der Waals surface area contributed by atoms with Crippen LogP contribution in [0.2, 0.25) is 0 Å². The predicted molar refractivity (Wildman–Crippen MR) is 122 cm³/mol. The van der Waals surface area contributed by atoms with E-state index in [1.807, 2.05) is 49.9 Å². The maximum Gasteiger partial charge on any atom is 0.229 e. The fourth-order valence-electron chi connectivity index (χ4n) is 3.05. The highest BCUT2D eigenvalue weighted by Crippen LogP contribution is 2.36. The van der Waals surface area contributed by atoms with Crippen LogP contribution in [0.3, 0.4) is 0 Å². The third kappa shape index (κ3) is 4.33. The molecule has 31 heavy (non-hydrogen) atoms. The van der Waals surface area contributed by atoms with E-state index in [4.69, 9.17) is 5.73 Å². The van der Waals surface area contributed by atoms with Crippen molar-refractivity contribution in [2.45, 2.75) is 24.3 Å². The van der Waals surface area contributed by atoms with Crippen LogP contribution in [0.1, 0.15) is 23.6 Å². The third-order valence-electron chi connectivity index (χ3n) is 4.61. The summed E-state index contributed by atoms with van der Waals surface area (Å²) >= 11 is 1.51. The largest absolute Gasteiger partial charge is 0.368 e. The molecule has 4 rings (SSSR count). The smallest absolute Gasteiger partial charge is 0.229 e. The average molecular weight is 434 g/mol. The van der Waals surface area contributed by atoms with Gasteiger partial charge in [0, 0.05) is 32.1 Å². The number of nitrogens with two attached hydrogens (primary N) is 1. The third-order valence-corrected chi connectivity index (χ3v) is 5.65. The molecule has 1 atom stereocenters. The second-order valence-electron chi connectivity index (χ2n) is 7.18. The highest BCUT2D eigenvalue weighted by molar-refractivity contribution is 7.99. The Bertz CT molecular complexity index is 1190. The van der Waals surface area contributed by atoms with E-state index in [2.05, 4.69) is 49.2 Å². The van der Waals surface area contributed by atoms with Crippen LogP contribution < -0.4 is 10.6 Å². The zero-order valence-corrected chi connectivity index (χ0v) is 18.6. The van der Waals surface area contributed by atoms with Gasteiger partial charge in [-0.15, -0.1) is 10.2 Å². The minimum Gasteiger partial charge on any atom is -0.368 e. The summed E-state index contributed by atoms with van der Waals surface area (Å²) in [6.45, 7) is 4.08. The zero-order valence-electron chi connectivity index (χ0n) is 17.8. The minimum absolute atomic E-state index is 0.127. The van der Waals surface area contributed by atoms with Crippen LogP contribution in [0, 0.1) is 6.92 Å². The summed E-state index contributed by atoms with van der Waals surface area (Å²) in [5, 5.41) is 9.57. The molecule has 0 amide bonds. The van der Waals surface area contributed by atoms with Crippen molar-refractivity contribution in [1.82, 2.24) is 34.7 Å². The van der Waals surface area contributed by atoms with E-state index in [1.54, 1.807) is 17.3 Å². The first kappa shape index (κ1) is 20.7. The lowest BCUT2D eigenvalue weighted by Crippen LogP contribution is -2.16. The summed E-state index contributed by atoms with van der Waals surface area (Å²) in [4.78, 5) is 19.1. The van der Waals surface area contributed by atoms with Crippen LogP contribution in [0.15, 0.2) is 53.9 Å². The molecule has 0 saturated heterocycles. The van der Waals surface area contributed by atoms with Gasteiger partial charge in [0.25, 0.3) is 0 Å². The van der Waals surface area contributed by atoms with E-state index >= 15 is 0 Å². The number of rotatable bonds is 6. The van der Waals surface area contributed by atoms with Gasteiger partial charge in [-0.2, -0.15) is 15.0 Å². The molecule has 4 aromatic rings. The molecule has 1 aromatic carbocycles. The van der Waals surface area contributed by atoms with Crippen molar-refractivity contribution in [2.75, 3.05) is 24.7 Å². The predicted octanol–water partition coefficient (Wildman–Crippen LogP) is 3.32. The topological polar surface area (TPSA) is 112 Å². The Hall–Kier alpha value is -3.53. The van der Waals surface area contributed by atoms with Crippen LogP contribution >= 0.6 is 11.8 Å². The lowest BCUT2D eigenvalue weighted by molar-refractivity contribution is 0.841. The molecule has 10 heteroatoms. The molecule has 158 valence electrons. The highest BCUT2D eigenvalue weighted by atomic mass is 32.2. The maximum atomic E-state index is 5.91. The molecule has 3 heterocycles. The lowest BCUT2D eigenvalue weighted by Gasteiger charge is -2.16. The summed E-state index contributed by atoms with van der Waals surface area (Å²) in [6, 6.07) is 12.0. The van der Waals surface area contributed by atoms with Crippen molar-refractivity contribution < 1.29 is 0 Å². The van der Waals surface area contributed by atoms with Gasteiger partial charge in [-0.3, -0.25) is 9.55 Å². The van der Waals surface area contributed by atoms with Gasteiger partial charge in [0.2, 0.25) is 11.9 Å². The van der Waals surface area contributed by atoms with Crippen molar-refractivity contribution in [3.05, 3.63) is 60.2 Å². The average Bonchev–Trinajstić information content (AvgIpc) is 3.17. The standard InChI is InChI=1S/C21H23N9S/c1-13-8-5-6-10-16(13)30-18(15-9-7-11-23-12-15)27-28-21(30)31-14(2)17-24-19(22)26-20(25-17)29(3)4/h5-12,14H,1-4H3,(H2,22,24,25,26)/t14-/m1/s1. The summed E-state index contributed by atoms with van der Waals surface area (Å²) in [5.41, 5.74) is 8.91. The van der Waals surface area contributed by atoms with Gasteiger partial charge in [0.05, 0.1) is 10.9 Å². The molecule has 0 bridgehead atoms. The molecule has 0 aliphatic carbocycles. The number of nitrogens with zero attached hydrogens (tertiary/aromatic N) is 8. The number of para-hydroxylation sites is 1. The number of hydrogen-bond donors (Lipinski definition) is 1. The Morgan fingerprint density at radius 3 is 2.55 bits per heavy atom. The molecule has 0 fully saturated rings. The molecule has 0 radical (unpaired) electrons. The summed E-state index contributed by atoms with van der Waals surface area (Å²) < 4.78 is 2.05. The Morgan fingerprint density at radius 2 is 1.84 bits per heavy atom. The van der Waals surface area contributed by atoms with Crippen LogP contribution in [0.5, 0.6) is 0 Å². The number of hydrogen-bond acceptors (Lipinski definition) is 9. The van der Waals surface area contributed by atoms with Gasteiger partial charge in [-0.05, 0) is 37.6 Å². The van der Waals surface area contributed by atoms with E-state index in [1.165, 1.54) is 11.8 Å². The van der Waals surface area contributed by atoms with E-state index in [0.717, 1.165) is 27.8 Å².